The van der Waals surface area contributed by atoms with Crippen molar-refractivity contribution >= 4 is 24.6 Å². The van der Waals surface area contributed by atoms with Crippen LogP contribution in [0.2, 0.25) is 0 Å². The zero-order valence-electron chi connectivity index (χ0n) is 15.4. The van der Waals surface area contributed by atoms with Crippen LogP contribution in [0.25, 0.3) is 11.3 Å². The Kier molecular flexibility index (Phi) is 4.28. The highest BCUT2D eigenvalue weighted by Crippen LogP contribution is 2.38. The van der Waals surface area contributed by atoms with Gasteiger partial charge in [0.15, 0.2) is 12.0 Å². The summed E-state index contributed by atoms with van der Waals surface area (Å²) in [5, 5.41) is 11.7. The van der Waals surface area contributed by atoms with Gasteiger partial charge in [-0.3, -0.25) is 14.9 Å². The van der Waals surface area contributed by atoms with Crippen LogP contribution in [-0.2, 0) is 9.31 Å². The first kappa shape index (κ1) is 18.3. The number of nitrogens with zero attached hydrogens (tertiary/aromatic N) is 1. The first-order chi connectivity index (χ1) is 12.1. The van der Waals surface area contributed by atoms with Crippen molar-refractivity contribution in [1.29, 1.82) is 0 Å². The molecule has 2 aromatic rings. The van der Waals surface area contributed by atoms with E-state index in [1.165, 1.54) is 12.1 Å². The van der Waals surface area contributed by atoms with E-state index in [9.17, 15) is 14.9 Å². The van der Waals surface area contributed by atoms with Crippen LogP contribution in [0, 0.1) is 17.0 Å². The summed E-state index contributed by atoms with van der Waals surface area (Å²) >= 11 is 0. The molecule has 0 radical (unpaired) electrons. The van der Waals surface area contributed by atoms with E-state index in [1.54, 1.807) is 19.1 Å². The molecular weight excluding hydrogens is 337 g/mol. The molecule has 2 heterocycles. The second-order valence-corrected chi connectivity index (χ2v) is 7.40. The molecule has 1 aliphatic rings. The van der Waals surface area contributed by atoms with E-state index in [0.717, 1.165) is 0 Å². The number of nitro benzene ring substituents is 1. The van der Waals surface area contributed by atoms with Crippen molar-refractivity contribution in [2.45, 2.75) is 45.8 Å². The largest absolute Gasteiger partial charge is 0.495 e. The van der Waals surface area contributed by atoms with Gasteiger partial charge >= 0.3 is 7.12 Å². The first-order valence-corrected chi connectivity index (χ1v) is 8.26. The van der Waals surface area contributed by atoms with Crippen LogP contribution in [0.3, 0.4) is 0 Å². The predicted octanol–water partition coefficient (Wildman–Crippen LogP) is 3.27. The third-order valence-electron chi connectivity index (χ3n) is 5.05. The van der Waals surface area contributed by atoms with E-state index < -0.39 is 23.2 Å². The number of hydrogen-bond donors (Lipinski definition) is 0. The minimum absolute atomic E-state index is 0.115. The zero-order chi connectivity index (χ0) is 19.3. The monoisotopic (exact) mass is 357 g/mol. The molecule has 8 heteroatoms. The molecule has 0 bridgehead atoms. The SMILES string of the molecule is Cc1cc(B2OC(C)(C)C(C)(C)O2)cc([N+](=O)[O-])c1-c1ccc(C=O)o1. The first-order valence-electron chi connectivity index (χ1n) is 8.26. The van der Waals surface area contributed by atoms with E-state index in [0.29, 0.717) is 22.9 Å². The lowest BCUT2D eigenvalue weighted by atomic mass is 9.77. The highest BCUT2D eigenvalue weighted by Gasteiger charge is 2.52. The van der Waals surface area contributed by atoms with Crippen LogP contribution >= 0.6 is 0 Å². The average Bonchev–Trinajstić information content (AvgIpc) is 3.08. The maximum Gasteiger partial charge on any atom is 0.495 e. The van der Waals surface area contributed by atoms with E-state index in [-0.39, 0.29) is 17.2 Å². The molecule has 3 rings (SSSR count). The summed E-state index contributed by atoms with van der Waals surface area (Å²) in [6, 6.07) is 6.25. The molecule has 7 nitrogen and oxygen atoms in total. The van der Waals surface area contributed by atoms with Gasteiger partial charge in [-0.1, -0.05) is 6.07 Å². The van der Waals surface area contributed by atoms with Crippen molar-refractivity contribution in [1.82, 2.24) is 0 Å². The van der Waals surface area contributed by atoms with Gasteiger partial charge in [0, 0.05) is 6.07 Å². The highest BCUT2D eigenvalue weighted by molar-refractivity contribution is 6.62. The van der Waals surface area contributed by atoms with Crippen LogP contribution in [0.5, 0.6) is 0 Å². The van der Waals surface area contributed by atoms with E-state index >= 15 is 0 Å². The summed E-state index contributed by atoms with van der Waals surface area (Å²) in [4.78, 5) is 22.0. The summed E-state index contributed by atoms with van der Waals surface area (Å²) in [6.07, 6.45) is 0.559. The Bertz CT molecular complexity index is 870. The molecule has 1 saturated heterocycles. The number of rotatable bonds is 4. The van der Waals surface area contributed by atoms with Crippen LogP contribution in [0.1, 0.15) is 43.8 Å². The summed E-state index contributed by atoms with van der Waals surface area (Å²) < 4.78 is 17.4. The number of aryl methyl sites for hydroxylation is 1. The zero-order valence-corrected chi connectivity index (χ0v) is 15.4. The summed E-state index contributed by atoms with van der Waals surface area (Å²) in [7, 11) is -0.700. The number of hydrogen-bond acceptors (Lipinski definition) is 6. The van der Waals surface area contributed by atoms with Gasteiger partial charge in [0.1, 0.15) is 5.76 Å². The van der Waals surface area contributed by atoms with Crippen molar-refractivity contribution in [3.8, 4) is 11.3 Å². The third-order valence-corrected chi connectivity index (χ3v) is 5.05. The molecule has 26 heavy (non-hydrogen) atoms. The van der Waals surface area contributed by atoms with Crippen molar-refractivity contribution < 1.29 is 23.4 Å². The lowest BCUT2D eigenvalue weighted by Crippen LogP contribution is -2.41. The molecule has 1 aromatic heterocycles. The fourth-order valence-corrected chi connectivity index (χ4v) is 2.93. The number of benzene rings is 1. The van der Waals surface area contributed by atoms with E-state index in [1.807, 2.05) is 27.7 Å². The molecule has 0 N–H and O–H groups in total. The van der Waals surface area contributed by atoms with Crippen LogP contribution in [0.15, 0.2) is 28.7 Å². The van der Waals surface area contributed by atoms with Crippen molar-refractivity contribution in [2.75, 3.05) is 0 Å². The minimum Gasteiger partial charge on any atom is -0.453 e. The number of aldehydes is 1. The molecule has 0 amide bonds. The molecule has 0 unspecified atom stereocenters. The maximum absolute atomic E-state index is 11.7. The summed E-state index contributed by atoms with van der Waals surface area (Å²) in [6.45, 7) is 9.44. The Morgan fingerprint density at radius 1 is 1.12 bits per heavy atom. The Hall–Kier alpha value is -2.45. The second-order valence-electron chi connectivity index (χ2n) is 7.40. The van der Waals surface area contributed by atoms with Gasteiger partial charge in [-0.2, -0.15) is 0 Å². The second kappa shape index (κ2) is 6.07. The standard InChI is InChI=1S/C18H20BNO6/c1-11-8-12(19-25-17(2,3)18(4,5)26-19)9-14(20(22)23)16(11)15-7-6-13(10-21)24-15/h6-10H,1-5H3. The Balaban J connectivity index is 2.09. The van der Waals surface area contributed by atoms with E-state index in [2.05, 4.69) is 0 Å². The molecular formula is C18H20BNO6. The van der Waals surface area contributed by atoms with Gasteiger partial charge in [0.25, 0.3) is 5.69 Å². The van der Waals surface area contributed by atoms with Gasteiger partial charge in [-0.15, -0.1) is 0 Å². The Labute approximate surface area is 151 Å². The van der Waals surface area contributed by atoms with Gasteiger partial charge in [0.2, 0.25) is 0 Å². The average molecular weight is 357 g/mol. The number of carbonyl (C=O) groups excluding carboxylic acids is 1. The predicted molar refractivity (Wildman–Crippen MR) is 96.6 cm³/mol. The van der Waals surface area contributed by atoms with Crippen molar-refractivity contribution in [2.24, 2.45) is 0 Å². The van der Waals surface area contributed by atoms with Crippen molar-refractivity contribution in [3.05, 3.63) is 45.7 Å². The van der Waals surface area contributed by atoms with Crippen LogP contribution in [0.4, 0.5) is 5.69 Å². The molecule has 136 valence electrons. The van der Waals surface area contributed by atoms with Gasteiger partial charge < -0.3 is 13.7 Å². The lowest BCUT2D eigenvalue weighted by molar-refractivity contribution is -0.384. The molecule has 0 atom stereocenters. The van der Waals surface area contributed by atoms with Gasteiger partial charge in [-0.25, -0.2) is 0 Å². The molecule has 0 spiro atoms. The van der Waals surface area contributed by atoms with E-state index in [4.69, 9.17) is 13.7 Å². The van der Waals surface area contributed by atoms with Gasteiger partial charge in [-0.05, 0) is 57.8 Å². The Morgan fingerprint density at radius 3 is 2.23 bits per heavy atom. The number of nitro groups is 1. The lowest BCUT2D eigenvalue weighted by Gasteiger charge is -2.32. The van der Waals surface area contributed by atoms with Crippen molar-refractivity contribution in [3.63, 3.8) is 0 Å². The molecule has 1 aliphatic heterocycles. The highest BCUT2D eigenvalue weighted by atomic mass is 16.7. The Morgan fingerprint density at radius 2 is 1.73 bits per heavy atom. The van der Waals surface area contributed by atoms with Crippen LogP contribution in [-0.4, -0.2) is 29.5 Å². The number of carbonyl (C=O) groups is 1. The normalized spacial score (nSPS) is 18.1. The number of furan rings is 1. The maximum atomic E-state index is 11.7. The molecule has 0 aliphatic carbocycles. The quantitative estimate of drug-likeness (QED) is 0.361. The fraction of sp³-hybridized carbons (Fsp3) is 0.389. The third kappa shape index (κ3) is 2.95. The fourth-order valence-electron chi connectivity index (χ4n) is 2.93. The molecule has 1 fully saturated rings. The van der Waals surface area contributed by atoms with Crippen LogP contribution < -0.4 is 5.46 Å². The minimum atomic E-state index is -0.700. The topological polar surface area (TPSA) is 91.8 Å². The van der Waals surface area contributed by atoms with Gasteiger partial charge in [0.05, 0.1) is 21.7 Å². The smallest absolute Gasteiger partial charge is 0.453 e. The summed E-state index contributed by atoms with van der Waals surface area (Å²) in [5.41, 5.74) is 0.331. The molecule has 1 aromatic carbocycles. The molecule has 0 saturated carbocycles. The summed E-state index contributed by atoms with van der Waals surface area (Å²) in [5.74, 6) is 0.389.